The molecule has 0 amide bonds. The van der Waals surface area contributed by atoms with Gasteiger partial charge >= 0.3 is 0 Å². The van der Waals surface area contributed by atoms with Crippen molar-refractivity contribution in [2.45, 2.75) is 38.5 Å². The molecule has 0 heterocycles. The van der Waals surface area contributed by atoms with Gasteiger partial charge in [0, 0.05) is 5.92 Å². The number of nitriles is 2. The summed E-state index contributed by atoms with van der Waals surface area (Å²) in [4.78, 5) is 0. The van der Waals surface area contributed by atoms with E-state index in [4.69, 9.17) is 20.0 Å². The zero-order valence-corrected chi connectivity index (χ0v) is 13.7. The van der Waals surface area contributed by atoms with Gasteiger partial charge < -0.3 is 9.47 Å². The molecule has 0 saturated heterocycles. The Hall–Kier alpha value is -2.98. The standard InChI is InChI=1S/C20H20N2O2/c1-2-3-4-5-20(16-6-10-18(11-7-16)23-14-21)17-8-12-19(13-9-17)24-15-22/h6-13,20H,2-5H2,1H3. The van der Waals surface area contributed by atoms with Gasteiger partial charge in [0.25, 0.3) is 12.5 Å². The van der Waals surface area contributed by atoms with E-state index in [1.165, 1.54) is 24.0 Å². The Morgan fingerprint density at radius 3 is 1.62 bits per heavy atom. The van der Waals surface area contributed by atoms with Crippen molar-refractivity contribution in [3.63, 3.8) is 0 Å². The van der Waals surface area contributed by atoms with Crippen LogP contribution in [0.5, 0.6) is 11.5 Å². The van der Waals surface area contributed by atoms with Crippen LogP contribution in [0.3, 0.4) is 0 Å². The number of nitrogens with zero attached hydrogens (tertiary/aromatic N) is 2. The Labute approximate surface area is 142 Å². The van der Waals surface area contributed by atoms with Crippen LogP contribution in [0.2, 0.25) is 0 Å². The maximum atomic E-state index is 8.58. The molecule has 0 aliphatic heterocycles. The molecule has 0 unspecified atom stereocenters. The van der Waals surface area contributed by atoms with Crippen molar-refractivity contribution in [2.24, 2.45) is 0 Å². The predicted molar refractivity (Wildman–Crippen MR) is 91.4 cm³/mol. The van der Waals surface area contributed by atoms with Gasteiger partial charge in [-0.2, -0.15) is 0 Å². The van der Waals surface area contributed by atoms with Crippen LogP contribution < -0.4 is 9.47 Å². The van der Waals surface area contributed by atoms with Gasteiger partial charge in [0.15, 0.2) is 0 Å². The molecule has 2 aromatic carbocycles. The number of ether oxygens (including phenoxy) is 2. The second kappa shape index (κ2) is 9.22. The molecule has 0 radical (unpaired) electrons. The lowest BCUT2D eigenvalue weighted by molar-refractivity contribution is 0.506. The van der Waals surface area contributed by atoms with Crippen LogP contribution in [0.25, 0.3) is 0 Å². The molecule has 2 aromatic rings. The van der Waals surface area contributed by atoms with Crippen LogP contribution in [-0.2, 0) is 0 Å². The van der Waals surface area contributed by atoms with E-state index in [2.05, 4.69) is 6.92 Å². The number of rotatable bonds is 8. The van der Waals surface area contributed by atoms with Crippen molar-refractivity contribution >= 4 is 0 Å². The van der Waals surface area contributed by atoms with Crippen LogP contribution in [0.4, 0.5) is 0 Å². The first kappa shape index (κ1) is 17.4. The summed E-state index contributed by atoms with van der Waals surface area (Å²) in [7, 11) is 0. The maximum absolute atomic E-state index is 8.58. The first-order valence-electron chi connectivity index (χ1n) is 8.10. The summed E-state index contributed by atoms with van der Waals surface area (Å²) in [5, 5.41) is 17.2. The third-order valence-corrected chi connectivity index (χ3v) is 3.99. The molecule has 0 aliphatic rings. The monoisotopic (exact) mass is 320 g/mol. The number of hydrogen-bond donors (Lipinski definition) is 0. The van der Waals surface area contributed by atoms with E-state index in [1.807, 2.05) is 48.5 Å². The quantitative estimate of drug-likeness (QED) is 0.500. The predicted octanol–water partition coefficient (Wildman–Crippen LogP) is 5.12. The van der Waals surface area contributed by atoms with Gasteiger partial charge in [-0.1, -0.05) is 50.5 Å². The molecule has 0 fully saturated rings. The second-order valence-corrected chi connectivity index (χ2v) is 5.57. The summed E-state index contributed by atoms with van der Waals surface area (Å²) in [6.07, 6.45) is 7.94. The molecule has 0 aromatic heterocycles. The first-order valence-corrected chi connectivity index (χ1v) is 8.10. The summed E-state index contributed by atoms with van der Waals surface area (Å²) < 4.78 is 9.69. The fraction of sp³-hybridized carbons (Fsp3) is 0.300. The van der Waals surface area contributed by atoms with E-state index < -0.39 is 0 Å². The van der Waals surface area contributed by atoms with Gasteiger partial charge in [0.1, 0.15) is 11.5 Å². The summed E-state index contributed by atoms with van der Waals surface area (Å²) >= 11 is 0. The molecular formula is C20H20N2O2. The molecule has 0 saturated carbocycles. The highest BCUT2D eigenvalue weighted by atomic mass is 16.5. The summed E-state index contributed by atoms with van der Waals surface area (Å²) in [5.41, 5.74) is 2.37. The van der Waals surface area contributed by atoms with E-state index in [0.717, 1.165) is 12.8 Å². The molecule has 4 nitrogen and oxygen atoms in total. The van der Waals surface area contributed by atoms with Crippen molar-refractivity contribution in [1.82, 2.24) is 0 Å². The topological polar surface area (TPSA) is 66.0 Å². The Morgan fingerprint density at radius 2 is 1.25 bits per heavy atom. The maximum Gasteiger partial charge on any atom is 0.292 e. The van der Waals surface area contributed by atoms with E-state index in [0.29, 0.717) is 11.5 Å². The number of unbranched alkanes of at least 4 members (excludes halogenated alkanes) is 2. The normalized spacial score (nSPS) is 10.0. The van der Waals surface area contributed by atoms with E-state index >= 15 is 0 Å². The average molecular weight is 320 g/mol. The summed E-state index contributed by atoms with van der Waals surface area (Å²) in [5.74, 6) is 1.36. The Morgan fingerprint density at radius 1 is 0.792 bits per heavy atom. The fourth-order valence-corrected chi connectivity index (χ4v) is 2.77. The van der Waals surface area contributed by atoms with Crippen molar-refractivity contribution < 1.29 is 9.47 Å². The Bertz CT molecular complexity index is 650. The number of hydrogen-bond acceptors (Lipinski definition) is 4. The first-order chi connectivity index (χ1) is 11.8. The molecule has 0 atom stereocenters. The lowest BCUT2D eigenvalue weighted by Gasteiger charge is -2.18. The average Bonchev–Trinajstić information content (AvgIpc) is 2.61. The zero-order valence-electron chi connectivity index (χ0n) is 13.7. The zero-order chi connectivity index (χ0) is 17.2. The molecule has 122 valence electrons. The summed E-state index contributed by atoms with van der Waals surface area (Å²) in [6, 6.07) is 15.3. The van der Waals surface area contributed by atoms with Gasteiger partial charge in [-0.15, -0.1) is 10.5 Å². The van der Waals surface area contributed by atoms with E-state index in [-0.39, 0.29) is 5.92 Å². The van der Waals surface area contributed by atoms with Crippen LogP contribution in [0.15, 0.2) is 48.5 Å². The molecule has 24 heavy (non-hydrogen) atoms. The Kier molecular flexibility index (Phi) is 6.68. The van der Waals surface area contributed by atoms with Gasteiger partial charge in [0.2, 0.25) is 0 Å². The second-order valence-electron chi connectivity index (χ2n) is 5.57. The van der Waals surface area contributed by atoms with Crippen LogP contribution in [-0.4, -0.2) is 0 Å². The molecule has 0 bridgehead atoms. The van der Waals surface area contributed by atoms with Crippen molar-refractivity contribution in [3.8, 4) is 24.0 Å². The molecular weight excluding hydrogens is 300 g/mol. The lowest BCUT2D eigenvalue weighted by atomic mass is 9.87. The SMILES string of the molecule is CCCCCC(c1ccc(OC#N)cc1)c1ccc(OC#N)cc1. The minimum absolute atomic E-state index is 0.267. The number of benzene rings is 2. The smallest absolute Gasteiger partial charge is 0.292 e. The molecule has 2 rings (SSSR count). The van der Waals surface area contributed by atoms with E-state index in [9.17, 15) is 0 Å². The van der Waals surface area contributed by atoms with E-state index in [1.54, 1.807) is 12.5 Å². The van der Waals surface area contributed by atoms with Gasteiger partial charge in [0.05, 0.1) is 0 Å². The molecule has 4 heteroatoms. The highest BCUT2D eigenvalue weighted by molar-refractivity contribution is 5.38. The van der Waals surface area contributed by atoms with Gasteiger partial charge in [-0.25, -0.2) is 0 Å². The molecule has 0 spiro atoms. The van der Waals surface area contributed by atoms with Crippen LogP contribution in [0.1, 0.15) is 49.7 Å². The third kappa shape index (κ3) is 4.76. The highest BCUT2D eigenvalue weighted by Crippen LogP contribution is 2.32. The lowest BCUT2D eigenvalue weighted by Crippen LogP contribution is -2.02. The van der Waals surface area contributed by atoms with Gasteiger partial charge in [-0.3, -0.25) is 0 Å². The van der Waals surface area contributed by atoms with Crippen molar-refractivity contribution in [2.75, 3.05) is 0 Å². The largest absolute Gasteiger partial charge is 0.388 e. The minimum Gasteiger partial charge on any atom is -0.388 e. The third-order valence-electron chi connectivity index (χ3n) is 3.99. The van der Waals surface area contributed by atoms with Crippen molar-refractivity contribution in [3.05, 3.63) is 59.7 Å². The Balaban J connectivity index is 2.23. The summed E-state index contributed by atoms with van der Waals surface area (Å²) in [6.45, 7) is 2.19. The highest BCUT2D eigenvalue weighted by Gasteiger charge is 2.14. The minimum atomic E-state index is 0.267. The van der Waals surface area contributed by atoms with Crippen LogP contribution >= 0.6 is 0 Å². The van der Waals surface area contributed by atoms with Gasteiger partial charge in [-0.05, 0) is 41.8 Å². The van der Waals surface area contributed by atoms with Crippen LogP contribution in [0, 0.1) is 23.0 Å². The fourth-order valence-electron chi connectivity index (χ4n) is 2.77. The molecule has 0 N–H and O–H groups in total. The molecule has 0 aliphatic carbocycles. The van der Waals surface area contributed by atoms with Crippen molar-refractivity contribution in [1.29, 1.82) is 10.5 Å².